The minimum Gasteiger partial charge on any atom is -0.496 e. The van der Waals surface area contributed by atoms with Crippen LogP contribution in [0.15, 0.2) is 48.7 Å². The third-order valence-electron chi connectivity index (χ3n) is 4.69. The highest BCUT2D eigenvalue weighted by Crippen LogP contribution is 2.31. The fourth-order valence-electron chi connectivity index (χ4n) is 3.30. The highest BCUT2D eigenvalue weighted by molar-refractivity contribution is 6.09. The number of allylic oxidation sites excluding steroid dienone is 1. The number of urea groups is 1. The first kappa shape index (κ1) is 18.5. The average Bonchev–Trinajstić information content (AvgIpc) is 3.03. The molecule has 0 spiro atoms. The minimum absolute atomic E-state index is 0.0204. The number of hydrogen-bond acceptors (Lipinski definition) is 4. The van der Waals surface area contributed by atoms with Gasteiger partial charge in [0, 0.05) is 54.9 Å². The van der Waals surface area contributed by atoms with Crippen LogP contribution in [0, 0.1) is 12.3 Å². The smallest absolute Gasteiger partial charge is 0.324 e. The lowest BCUT2D eigenvalue weighted by molar-refractivity contribution is 0.219. The number of nitrogens with two attached hydrogens (primary N) is 1. The Balaban J connectivity index is 1.81. The van der Waals surface area contributed by atoms with Gasteiger partial charge < -0.3 is 20.8 Å². The van der Waals surface area contributed by atoms with Crippen molar-refractivity contribution in [2.75, 3.05) is 25.1 Å². The van der Waals surface area contributed by atoms with Gasteiger partial charge in [0.15, 0.2) is 0 Å². The number of nitrogens with one attached hydrogen (secondary N) is 1. The van der Waals surface area contributed by atoms with Gasteiger partial charge in [-0.25, -0.2) is 4.79 Å². The van der Waals surface area contributed by atoms with Crippen molar-refractivity contribution in [1.29, 1.82) is 5.41 Å². The van der Waals surface area contributed by atoms with Crippen molar-refractivity contribution in [3.05, 3.63) is 65.4 Å². The molecular weight excluding hydrogens is 340 g/mol. The predicted octanol–water partition coefficient (Wildman–Crippen LogP) is 3.39. The first-order valence-corrected chi connectivity index (χ1v) is 8.80. The summed E-state index contributed by atoms with van der Waals surface area (Å²) in [6, 6.07) is 13.7. The van der Waals surface area contributed by atoms with E-state index in [0.717, 1.165) is 16.8 Å². The Morgan fingerprint density at radius 3 is 2.74 bits per heavy atom. The number of carbonyl (C=O) groups is 1. The summed E-state index contributed by atoms with van der Waals surface area (Å²) in [5.41, 5.74) is 9.95. The maximum Gasteiger partial charge on any atom is 0.324 e. The van der Waals surface area contributed by atoms with E-state index in [2.05, 4.69) is 6.07 Å². The van der Waals surface area contributed by atoms with Gasteiger partial charge in [-0.1, -0.05) is 29.8 Å². The van der Waals surface area contributed by atoms with E-state index in [0.29, 0.717) is 31.0 Å². The molecule has 0 saturated carbocycles. The number of carbonyl (C=O) groups excluding carboxylic acids is 1. The summed E-state index contributed by atoms with van der Waals surface area (Å²) in [5.74, 6) is 0.581. The van der Waals surface area contributed by atoms with Gasteiger partial charge in [0.2, 0.25) is 0 Å². The van der Waals surface area contributed by atoms with Crippen LogP contribution in [0.2, 0.25) is 0 Å². The number of aryl methyl sites for hydroxylation is 1. The highest BCUT2D eigenvalue weighted by atomic mass is 16.5. The summed E-state index contributed by atoms with van der Waals surface area (Å²) in [6.07, 6.45) is 2.55. The average molecular weight is 364 g/mol. The van der Waals surface area contributed by atoms with Crippen molar-refractivity contribution in [3.63, 3.8) is 0 Å². The molecule has 1 aliphatic heterocycles. The second-order valence-electron chi connectivity index (χ2n) is 6.50. The number of amides is 2. The SMILES string of the molecule is COc1cc(N2CCN(Cc3cccc(C)c3)C2=O)ccc1/C(C=N)=C/N. The Morgan fingerprint density at radius 1 is 1.26 bits per heavy atom. The van der Waals surface area contributed by atoms with Crippen LogP contribution in [0.5, 0.6) is 5.75 Å². The molecule has 0 radical (unpaired) electrons. The summed E-state index contributed by atoms with van der Waals surface area (Å²) in [6.45, 7) is 3.94. The molecule has 1 aliphatic rings. The number of rotatable bonds is 6. The van der Waals surface area contributed by atoms with Gasteiger partial charge in [0.25, 0.3) is 0 Å². The van der Waals surface area contributed by atoms with Crippen LogP contribution in [-0.4, -0.2) is 37.3 Å². The standard InChI is InChI=1S/C21H24N4O2/c1-15-4-3-5-16(10-15)14-24-8-9-25(21(24)26)18-6-7-19(17(12-22)13-23)20(11-18)27-2/h3-7,10-13,22H,8-9,14,23H2,1-2H3/b17-13+,22-12?. The van der Waals surface area contributed by atoms with Crippen LogP contribution in [0.25, 0.3) is 5.57 Å². The molecule has 1 saturated heterocycles. The molecule has 3 rings (SSSR count). The summed E-state index contributed by atoms with van der Waals surface area (Å²) in [4.78, 5) is 16.5. The maximum atomic E-state index is 12.9. The second kappa shape index (κ2) is 7.95. The molecule has 0 aromatic heterocycles. The zero-order valence-electron chi connectivity index (χ0n) is 15.6. The van der Waals surface area contributed by atoms with Crippen LogP contribution < -0.4 is 15.4 Å². The van der Waals surface area contributed by atoms with Gasteiger partial charge in [-0.2, -0.15) is 0 Å². The molecule has 2 aromatic rings. The fraction of sp³-hybridized carbons (Fsp3) is 0.238. The molecule has 0 unspecified atom stereocenters. The number of benzene rings is 2. The van der Waals surface area contributed by atoms with Gasteiger partial charge in [0.05, 0.1) is 7.11 Å². The van der Waals surface area contributed by atoms with Gasteiger partial charge >= 0.3 is 6.03 Å². The normalized spacial score (nSPS) is 14.6. The van der Waals surface area contributed by atoms with E-state index >= 15 is 0 Å². The van der Waals surface area contributed by atoms with Crippen molar-refractivity contribution < 1.29 is 9.53 Å². The van der Waals surface area contributed by atoms with Crippen LogP contribution in [0.1, 0.15) is 16.7 Å². The number of ether oxygens (including phenoxy) is 1. The van der Waals surface area contributed by atoms with E-state index in [1.807, 2.05) is 48.2 Å². The van der Waals surface area contributed by atoms with E-state index in [1.165, 1.54) is 18.0 Å². The fourth-order valence-corrected chi connectivity index (χ4v) is 3.30. The maximum absolute atomic E-state index is 12.9. The molecule has 140 valence electrons. The van der Waals surface area contributed by atoms with Crippen LogP contribution in [-0.2, 0) is 6.54 Å². The Hall–Kier alpha value is -3.28. The van der Waals surface area contributed by atoms with Crippen molar-refractivity contribution in [1.82, 2.24) is 4.90 Å². The van der Waals surface area contributed by atoms with Gasteiger partial charge in [-0.15, -0.1) is 0 Å². The molecule has 1 heterocycles. The topological polar surface area (TPSA) is 82.7 Å². The van der Waals surface area contributed by atoms with Gasteiger partial charge in [-0.3, -0.25) is 4.90 Å². The molecule has 3 N–H and O–H groups in total. The zero-order valence-corrected chi connectivity index (χ0v) is 15.6. The Kier molecular flexibility index (Phi) is 5.45. The van der Waals surface area contributed by atoms with Crippen LogP contribution in [0.4, 0.5) is 10.5 Å². The first-order valence-electron chi connectivity index (χ1n) is 8.80. The monoisotopic (exact) mass is 364 g/mol. The van der Waals surface area contributed by atoms with Crippen molar-refractivity contribution in [2.24, 2.45) is 5.73 Å². The van der Waals surface area contributed by atoms with Crippen molar-refractivity contribution in [3.8, 4) is 5.75 Å². The molecule has 2 aromatic carbocycles. The number of nitrogens with zero attached hydrogens (tertiary/aromatic N) is 2. The summed E-state index contributed by atoms with van der Waals surface area (Å²) in [7, 11) is 1.57. The zero-order chi connectivity index (χ0) is 19.4. The minimum atomic E-state index is -0.0204. The van der Waals surface area contributed by atoms with Gasteiger partial charge in [0.1, 0.15) is 5.75 Å². The number of hydrogen-bond donors (Lipinski definition) is 2. The molecule has 0 bridgehead atoms. The number of anilines is 1. The van der Waals surface area contributed by atoms with E-state index < -0.39 is 0 Å². The van der Waals surface area contributed by atoms with E-state index in [-0.39, 0.29) is 6.03 Å². The molecule has 6 nitrogen and oxygen atoms in total. The predicted molar refractivity (Wildman–Crippen MR) is 108 cm³/mol. The van der Waals surface area contributed by atoms with Gasteiger partial charge in [-0.05, 0) is 24.6 Å². The lowest BCUT2D eigenvalue weighted by Gasteiger charge is -2.20. The van der Waals surface area contributed by atoms with E-state index in [1.54, 1.807) is 12.0 Å². The third-order valence-corrected chi connectivity index (χ3v) is 4.69. The molecule has 27 heavy (non-hydrogen) atoms. The number of methoxy groups -OCH3 is 1. The Labute approximate surface area is 159 Å². The summed E-state index contributed by atoms with van der Waals surface area (Å²) < 4.78 is 5.45. The lowest BCUT2D eigenvalue weighted by atomic mass is 10.1. The van der Waals surface area contributed by atoms with Crippen molar-refractivity contribution in [2.45, 2.75) is 13.5 Å². The van der Waals surface area contributed by atoms with E-state index in [4.69, 9.17) is 15.9 Å². The quantitative estimate of drug-likeness (QED) is 0.771. The molecule has 2 amide bonds. The second-order valence-corrected chi connectivity index (χ2v) is 6.50. The molecule has 6 heteroatoms. The molecule has 0 aliphatic carbocycles. The highest BCUT2D eigenvalue weighted by Gasteiger charge is 2.30. The molecular formula is C21H24N4O2. The molecule has 0 atom stereocenters. The first-order chi connectivity index (χ1) is 13.1. The lowest BCUT2D eigenvalue weighted by Crippen LogP contribution is -2.31. The van der Waals surface area contributed by atoms with Crippen LogP contribution in [0.3, 0.4) is 0 Å². The van der Waals surface area contributed by atoms with Crippen molar-refractivity contribution >= 4 is 23.5 Å². The van der Waals surface area contributed by atoms with Crippen LogP contribution >= 0.6 is 0 Å². The van der Waals surface area contributed by atoms with E-state index in [9.17, 15) is 4.79 Å². The third kappa shape index (κ3) is 3.79. The Morgan fingerprint density at radius 2 is 2.07 bits per heavy atom. The summed E-state index contributed by atoms with van der Waals surface area (Å²) in [5, 5.41) is 7.47. The summed E-state index contributed by atoms with van der Waals surface area (Å²) >= 11 is 0. The molecule has 1 fully saturated rings. The Bertz CT molecular complexity index is 892. The largest absolute Gasteiger partial charge is 0.496 e.